The lowest BCUT2D eigenvalue weighted by molar-refractivity contribution is -0.141. The molecule has 0 amide bonds. The molecule has 11 heteroatoms. The molecule has 0 bridgehead atoms. The average molecular weight is 515 g/mol. The molecular formula is C26H22F5N5O. The molecule has 6 rings (SSSR count). The third-order valence-corrected chi connectivity index (χ3v) is 6.92. The van der Waals surface area contributed by atoms with Crippen LogP contribution in [0.1, 0.15) is 66.4 Å². The highest BCUT2D eigenvalue weighted by Gasteiger charge is 2.36. The fourth-order valence-electron chi connectivity index (χ4n) is 4.87. The Morgan fingerprint density at radius 2 is 1.84 bits per heavy atom. The van der Waals surface area contributed by atoms with Gasteiger partial charge in [0.2, 0.25) is 0 Å². The smallest absolute Gasteiger partial charge is 0.373 e. The van der Waals surface area contributed by atoms with Crippen LogP contribution in [0.3, 0.4) is 0 Å². The molecule has 1 aromatic carbocycles. The van der Waals surface area contributed by atoms with Crippen molar-refractivity contribution in [1.29, 1.82) is 0 Å². The van der Waals surface area contributed by atoms with Gasteiger partial charge in [-0.3, -0.25) is 4.68 Å². The highest BCUT2D eigenvalue weighted by Crippen LogP contribution is 2.41. The van der Waals surface area contributed by atoms with Crippen molar-refractivity contribution in [2.24, 2.45) is 0 Å². The summed E-state index contributed by atoms with van der Waals surface area (Å²) in [6.45, 7) is 1.68. The van der Waals surface area contributed by atoms with Gasteiger partial charge in [0.1, 0.15) is 22.8 Å². The standard InChI is InChI=1S/C26H22F5N5O/c1-13-25(26(29,30)31)35-24-21(33-13)10-20(34-23(24)18-5-2-16(27)9-19(18)28)14-6-7-37-22(8-14)15-11-32-36(12-15)17-3-4-17/h2,5,9-12,14,17,22H,3-4,6-8H2,1H3. The summed E-state index contributed by atoms with van der Waals surface area (Å²) in [5.41, 5.74) is -0.242. The number of aryl methyl sites for hydroxylation is 1. The van der Waals surface area contributed by atoms with Crippen LogP contribution in [0.5, 0.6) is 0 Å². The molecule has 37 heavy (non-hydrogen) atoms. The first-order valence-corrected chi connectivity index (χ1v) is 12.0. The second-order valence-electron chi connectivity index (χ2n) is 9.61. The van der Waals surface area contributed by atoms with E-state index in [1.54, 1.807) is 12.3 Å². The Hall–Kier alpha value is -3.47. The van der Waals surface area contributed by atoms with Crippen LogP contribution in [0.2, 0.25) is 0 Å². The summed E-state index contributed by atoms with van der Waals surface area (Å²) in [6, 6.07) is 4.91. The van der Waals surface area contributed by atoms with E-state index in [-0.39, 0.29) is 40.0 Å². The number of halogens is 5. The molecule has 3 aromatic heterocycles. The Bertz CT molecular complexity index is 1500. The average Bonchev–Trinajstić information content (AvgIpc) is 3.58. The van der Waals surface area contributed by atoms with Gasteiger partial charge in [0, 0.05) is 41.6 Å². The lowest BCUT2D eigenvalue weighted by atomic mass is 9.89. The number of hydrogen-bond acceptors (Lipinski definition) is 5. The zero-order valence-corrected chi connectivity index (χ0v) is 19.8. The fourth-order valence-corrected chi connectivity index (χ4v) is 4.87. The number of pyridine rings is 1. The van der Waals surface area contributed by atoms with Gasteiger partial charge in [0.25, 0.3) is 0 Å². The second kappa shape index (κ2) is 8.83. The Balaban J connectivity index is 1.44. The van der Waals surface area contributed by atoms with E-state index in [4.69, 9.17) is 4.74 Å². The lowest BCUT2D eigenvalue weighted by Crippen LogP contribution is -2.20. The molecule has 4 aromatic rings. The number of hydrogen-bond donors (Lipinski definition) is 0. The van der Waals surface area contributed by atoms with Gasteiger partial charge in [-0.05, 0) is 50.8 Å². The van der Waals surface area contributed by atoms with Crippen LogP contribution in [0.15, 0.2) is 36.7 Å². The molecule has 1 aliphatic carbocycles. The molecule has 0 N–H and O–H groups in total. The van der Waals surface area contributed by atoms with E-state index in [9.17, 15) is 22.0 Å². The van der Waals surface area contributed by atoms with E-state index < -0.39 is 23.5 Å². The number of fused-ring (bicyclic) bond motifs is 1. The highest BCUT2D eigenvalue weighted by atomic mass is 19.4. The van der Waals surface area contributed by atoms with Gasteiger partial charge >= 0.3 is 6.18 Å². The maximum atomic E-state index is 14.8. The van der Waals surface area contributed by atoms with Gasteiger partial charge in [0.05, 0.1) is 29.6 Å². The summed E-state index contributed by atoms with van der Waals surface area (Å²) in [6.07, 6.45) is 2.21. The zero-order valence-electron chi connectivity index (χ0n) is 19.8. The number of ether oxygens (including phenoxy) is 1. The van der Waals surface area contributed by atoms with E-state index in [0.29, 0.717) is 37.3 Å². The zero-order chi connectivity index (χ0) is 25.9. The van der Waals surface area contributed by atoms with Crippen molar-refractivity contribution < 1.29 is 26.7 Å². The van der Waals surface area contributed by atoms with Crippen molar-refractivity contribution in [3.63, 3.8) is 0 Å². The third kappa shape index (κ3) is 4.56. The van der Waals surface area contributed by atoms with Gasteiger partial charge in [0.15, 0.2) is 5.69 Å². The van der Waals surface area contributed by atoms with Crippen molar-refractivity contribution in [1.82, 2.24) is 24.7 Å². The van der Waals surface area contributed by atoms with Crippen molar-refractivity contribution in [3.05, 3.63) is 70.9 Å². The SMILES string of the molecule is Cc1nc2cc(C3CCOC(c4cnn(C5CC5)c4)C3)nc(-c3ccc(F)cc3F)c2nc1C(F)(F)F. The van der Waals surface area contributed by atoms with Crippen LogP contribution >= 0.6 is 0 Å². The summed E-state index contributed by atoms with van der Waals surface area (Å²) in [4.78, 5) is 12.6. The summed E-state index contributed by atoms with van der Waals surface area (Å²) in [5.74, 6) is -1.88. The maximum Gasteiger partial charge on any atom is 0.435 e. The highest BCUT2D eigenvalue weighted by molar-refractivity contribution is 5.89. The van der Waals surface area contributed by atoms with Gasteiger partial charge in [-0.1, -0.05) is 0 Å². The van der Waals surface area contributed by atoms with E-state index >= 15 is 0 Å². The van der Waals surface area contributed by atoms with Crippen molar-refractivity contribution >= 4 is 11.0 Å². The van der Waals surface area contributed by atoms with Crippen LogP contribution in [0.25, 0.3) is 22.3 Å². The summed E-state index contributed by atoms with van der Waals surface area (Å²) in [7, 11) is 0. The van der Waals surface area contributed by atoms with E-state index in [2.05, 4.69) is 20.1 Å². The fraction of sp³-hybridized carbons (Fsp3) is 0.385. The van der Waals surface area contributed by atoms with Gasteiger partial charge < -0.3 is 4.74 Å². The normalized spacial score (nSPS) is 20.5. The molecule has 2 unspecified atom stereocenters. The Morgan fingerprint density at radius 1 is 1.03 bits per heavy atom. The minimum Gasteiger partial charge on any atom is -0.373 e. The van der Waals surface area contributed by atoms with Gasteiger partial charge in [-0.15, -0.1) is 0 Å². The van der Waals surface area contributed by atoms with Crippen LogP contribution in [0.4, 0.5) is 22.0 Å². The maximum absolute atomic E-state index is 14.8. The molecule has 2 fully saturated rings. The predicted octanol–water partition coefficient (Wildman–Crippen LogP) is 6.46. The van der Waals surface area contributed by atoms with Crippen molar-refractivity contribution in [3.8, 4) is 11.3 Å². The monoisotopic (exact) mass is 515 g/mol. The molecule has 1 saturated heterocycles. The molecule has 2 atom stereocenters. The second-order valence-corrected chi connectivity index (χ2v) is 9.61. The predicted molar refractivity (Wildman–Crippen MR) is 124 cm³/mol. The topological polar surface area (TPSA) is 65.7 Å². The largest absolute Gasteiger partial charge is 0.435 e. The molecular weight excluding hydrogens is 493 g/mol. The van der Waals surface area contributed by atoms with Crippen LogP contribution in [-0.2, 0) is 10.9 Å². The molecule has 1 aliphatic heterocycles. The summed E-state index contributed by atoms with van der Waals surface area (Å²) >= 11 is 0. The number of rotatable bonds is 4. The van der Waals surface area contributed by atoms with Gasteiger partial charge in [-0.25, -0.2) is 23.7 Å². The van der Waals surface area contributed by atoms with E-state index in [1.165, 1.54) is 6.92 Å². The van der Waals surface area contributed by atoms with Crippen LogP contribution in [0, 0.1) is 18.6 Å². The summed E-state index contributed by atoms with van der Waals surface area (Å²) in [5, 5.41) is 4.44. The molecule has 1 saturated carbocycles. The molecule has 4 heterocycles. The first-order valence-electron chi connectivity index (χ1n) is 12.0. The Morgan fingerprint density at radius 3 is 2.57 bits per heavy atom. The van der Waals surface area contributed by atoms with E-state index in [1.807, 2.05) is 10.9 Å². The van der Waals surface area contributed by atoms with E-state index in [0.717, 1.165) is 30.5 Å². The number of benzene rings is 1. The van der Waals surface area contributed by atoms with Crippen molar-refractivity contribution in [2.75, 3.05) is 6.61 Å². The Labute approximate surface area is 208 Å². The minimum absolute atomic E-state index is 0.104. The first kappa shape index (κ1) is 23.9. The van der Waals surface area contributed by atoms with Crippen LogP contribution < -0.4 is 0 Å². The first-order chi connectivity index (χ1) is 17.7. The molecule has 6 nitrogen and oxygen atoms in total. The number of alkyl halides is 3. The third-order valence-electron chi connectivity index (χ3n) is 6.92. The number of aromatic nitrogens is 5. The lowest BCUT2D eigenvalue weighted by Gasteiger charge is -2.29. The molecule has 0 radical (unpaired) electrons. The Kier molecular flexibility index (Phi) is 5.70. The quantitative estimate of drug-likeness (QED) is 0.292. The van der Waals surface area contributed by atoms with Gasteiger partial charge in [-0.2, -0.15) is 18.3 Å². The molecule has 192 valence electrons. The molecule has 2 aliphatic rings. The summed E-state index contributed by atoms with van der Waals surface area (Å²) < 4.78 is 77.2. The minimum atomic E-state index is -4.75. The van der Waals surface area contributed by atoms with Crippen molar-refractivity contribution in [2.45, 2.75) is 56.8 Å². The number of nitrogens with zero attached hydrogens (tertiary/aromatic N) is 5. The van der Waals surface area contributed by atoms with Crippen LogP contribution in [-0.4, -0.2) is 31.3 Å². The molecule has 0 spiro atoms.